The monoisotopic (exact) mass is 281 g/mol. The SMILES string of the molecule is Cc1cc(C)cc(C(=O)NC2(C)CCS(=O)(=O)C2)c1. The van der Waals surface area contributed by atoms with Gasteiger partial charge < -0.3 is 5.32 Å². The Morgan fingerprint density at radius 3 is 2.26 bits per heavy atom. The molecular formula is C14H19NO3S. The summed E-state index contributed by atoms with van der Waals surface area (Å²) < 4.78 is 23.0. The quantitative estimate of drug-likeness (QED) is 0.896. The average molecular weight is 281 g/mol. The van der Waals surface area contributed by atoms with Crippen molar-refractivity contribution < 1.29 is 13.2 Å². The van der Waals surface area contributed by atoms with Gasteiger partial charge in [0.25, 0.3) is 5.91 Å². The summed E-state index contributed by atoms with van der Waals surface area (Å²) in [6, 6.07) is 5.63. The maximum Gasteiger partial charge on any atom is 0.251 e. The van der Waals surface area contributed by atoms with Crippen LogP contribution in [0, 0.1) is 13.8 Å². The molecular weight excluding hydrogens is 262 g/mol. The Hall–Kier alpha value is -1.36. The van der Waals surface area contributed by atoms with Crippen molar-refractivity contribution in [3.05, 3.63) is 34.9 Å². The third-order valence-electron chi connectivity index (χ3n) is 3.40. The van der Waals surface area contributed by atoms with Crippen molar-refractivity contribution in [2.24, 2.45) is 0 Å². The van der Waals surface area contributed by atoms with Gasteiger partial charge in [-0.3, -0.25) is 4.79 Å². The van der Waals surface area contributed by atoms with Gasteiger partial charge in [-0.25, -0.2) is 8.42 Å². The van der Waals surface area contributed by atoms with Gasteiger partial charge in [0, 0.05) is 5.56 Å². The minimum absolute atomic E-state index is 0.0243. The highest BCUT2D eigenvalue weighted by molar-refractivity contribution is 7.91. The number of carbonyl (C=O) groups excluding carboxylic acids is 1. The Kier molecular flexibility index (Phi) is 3.43. The topological polar surface area (TPSA) is 63.2 Å². The van der Waals surface area contributed by atoms with Crippen LogP contribution in [0.4, 0.5) is 0 Å². The molecule has 0 radical (unpaired) electrons. The minimum atomic E-state index is -3.01. The molecule has 1 aliphatic heterocycles. The fourth-order valence-electron chi connectivity index (χ4n) is 2.56. The molecule has 4 nitrogen and oxygen atoms in total. The fourth-order valence-corrected chi connectivity index (χ4v) is 4.65. The summed E-state index contributed by atoms with van der Waals surface area (Å²) in [7, 11) is -3.01. The Labute approximate surface area is 114 Å². The largest absolute Gasteiger partial charge is 0.346 e. The van der Waals surface area contributed by atoms with Crippen LogP contribution in [0.5, 0.6) is 0 Å². The van der Waals surface area contributed by atoms with E-state index in [0.29, 0.717) is 12.0 Å². The average Bonchev–Trinajstić information content (AvgIpc) is 2.51. The van der Waals surface area contributed by atoms with Gasteiger partial charge in [0.2, 0.25) is 0 Å². The van der Waals surface area contributed by atoms with E-state index in [9.17, 15) is 13.2 Å². The maximum absolute atomic E-state index is 12.2. The second-order valence-corrected chi connectivity index (χ2v) is 7.92. The number of carbonyl (C=O) groups is 1. The van der Waals surface area contributed by atoms with Crippen LogP contribution < -0.4 is 5.32 Å². The number of amides is 1. The van der Waals surface area contributed by atoms with Crippen molar-refractivity contribution >= 4 is 15.7 Å². The molecule has 1 amide bonds. The first-order chi connectivity index (χ1) is 8.69. The highest BCUT2D eigenvalue weighted by Gasteiger charge is 2.39. The molecule has 0 saturated carbocycles. The van der Waals surface area contributed by atoms with Crippen LogP contribution in [0.2, 0.25) is 0 Å². The number of aryl methyl sites for hydroxylation is 2. The van der Waals surface area contributed by atoms with Crippen molar-refractivity contribution in [2.45, 2.75) is 32.7 Å². The van der Waals surface area contributed by atoms with Gasteiger partial charge >= 0.3 is 0 Å². The van der Waals surface area contributed by atoms with Crippen LogP contribution in [0.25, 0.3) is 0 Å². The molecule has 2 rings (SSSR count). The first kappa shape index (κ1) is 14.1. The molecule has 1 N–H and O–H groups in total. The van der Waals surface area contributed by atoms with Crippen LogP contribution in [-0.4, -0.2) is 31.4 Å². The molecule has 1 aliphatic rings. The van der Waals surface area contributed by atoms with E-state index in [-0.39, 0.29) is 17.4 Å². The lowest BCUT2D eigenvalue weighted by Gasteiger charge is -2.24. The summed E-state index contributed by atoms with van der Waals surface area (Å²) in [6.45, 7) is 5.66. The molecule has 1 aromatic rings. The number of benzene rings is 1. The van der Waals surface area contributed by atoms with Gasteiger partial charge in [-0.1, -0.05) is 17.2 Å². The lowest BCUT2D eigenvalue weighted by Crippen LogP contribution is -2.46. The Morgan fingerprint density at radius 1 is 1.21 bits per heavy atom. The predicted octanol–water partition coefficient (Wildman–Crippen LogP) is 1.61. The number of sulfone groups is 1. The molecule has 1 fully saturated rings. The van der Waals surface area contributed by atoms with Crippen molar-refractivity contribution in [3.8, 4) is 0 Å². The van der Waals surface area contributed by atoms with E-state index in [4.69, 9.17) is 0 Å². The summed E-state index contributed by atoms with van der Waals surface area (Å²) in [4.78, 5) is 12.2. The van der Waals surface area contributed by atoms with Gasteiger partial charge in [-0.05, 0) is 39.3 Å². The molecule has 1 unspecified atom stereocenters. The molecule has 19 heavy (non-hydrogen) atoms. The van der Waals surface area contributed by atoms with Gasteiger partial charge in [0.05, 0.1) is 17.0 Å². The lowest BCUT2D eigenvalue weighted by molar-refractivity contribution is 0.0915. The molecule has 1 atom stereocenters. The number of hydrogen-bond acceptors (Lipinski definition) is 3. The lowest BCUT2D eigenvalue weighted by atomic mass is 10.0. The summed E-state index contributed by atoms with van der Waals surface area (Å²) in [6.07, 6.45) is 0.478. The van der Waals surface area contributed by atoms with Gasteiger partial charge in [0.1, 0.15) is 0 Å². The van der Waals surface area contributed by atoms with E-state index in [1.807, 2.05) is 32.0 Å². The zero-order valence-electron chi connectivity index (χ0n) is 11.5. The van der Waals surface area contributed by atoms with Gasteiger partial charge in [-0.2, -0.15) is 0 Å². The van der Waals surface area contributed by atoms with E-state index >= 15 is 0 Å². The number of nitrogens with one attached hydrogen (secondary N) is 1. The summed E-state index contributed by atoms with van der Waals surface area (Å²) in [5.41, 5.74) is 1.99. The van der Waals surface area contributed by atoms with E-state index in [1.54, 1.807) is 6.92 Å². The zero-order valence-corrected chi connectivity index (χ0v) is 12.3. The molecule has 0 aromatic heterocycles. The van der Waals surface area contributed by atoms with Crippen molar-refractivity contribution in [3.63, 3.8) is 0 Å². The van der Waals surface area contributed by atoms with Crippen LogP contribution in [0.3, 0.4) is 0 Å². The number of rotatable bonds is 2. The molecule has 0 spiro atoms. The summed E-state index contributed by atoms with van der Waals surface area (Å²) >= 11 is 0. The standard InChI is InChI=1S/C14H19NO3S/c1-10-6-11(2)8-12(7-10)13(16)15-14(3)4-5-19(17,18)9-14/h6-8H,4-5,9H2,1-3H3,(H,15,16). The normalized spacial score (nSPS) is 25.2. The third-order valence-corrected chi connectivity index (χ3v) is 5.31. The highest BCUT2D eigenvalue weighted by atomic mass is 32.2. The minimum Gasteiger partial charge on any atom is -0.346 e. The second kappa shape index (κ2) is 4.63. The Morgan fingerprint density at radius 2 is 1.79 bits per heavy atom. The Balaban J connectivity index is 2.18. The van der Waals surface area contributed by atoms with E-state index in [1.165, 1.54) is 0 Å². The smallest absolute Gasteiger partial charge is 0.251 e. The second-order valence-electron chi connectivity index (χ2n) is 5.73. The fraction of sp³-hybridized carbons (Fsp3) is 0.500. The first-order valence-electron chi connectivity index (χ1n) is 6.30. The van der Waals surface area contributed by atoms with Crippen molar-refractivity contribution in [1.82, 2.24) is 5.32 Å². The van der Waals surface area contributed by atoms with Crippen LogP contribution >= 0.6 is 0 Å². The van der Waals surface area contributed by atoms with Crippen LogP contribution in [0.15, 0.2) is 18.2 Å². The summed E-state index contributed by atoms with van der Waals surface area (Å²) in [5, 5.41) is 2.86. The van der Waals surface area contributed by atoms with Crippen LogP contribution in [0.1, 0.15) is 34.8 Å². The zero-order chi connectivity index (χ0) is 14.3. The molecule has 1 aromatic carbocycles. The van der Waals surface area contributed by atoms with Gasteiger partial charge in [0.15, 0.2) is 9.84 Å². The molecule has 104 valence electrons. The number of hydrogen-bond donors (Lipinski definition) is 1. The third kappa shape index (κ3) is 3.35. The molecule has 5 heteroatoms. The van der Waals surface area contributed by atoms with E-state index < -0.39 is 15.4 Å². The first-order valence-corrected chi connectivity index (χ1v) is 8.13. The highest BCUT2D eigenvalue weighted by Crippen LogP contribution is 2.23. The summed E-state index contributed by atoms with van der Waals surface area (Å²) in [5.74, 6) is -0.0286. The van der Waals surface area contributed by atoms with Gasteiger partial charge in [-0.15, -0.1) is 0 Å². The molecule has 0 bridgehead atoms. The maximum atomic E-state index is 12.2. The molecule has 0 aliphatic carbocycles. The molecule has 1 saturated heterocycles. The predicted molar refractivity (Wildman–Crippen MR) is 75.1 cm³/mol. The van der Waals surface area contributed by atoms with E-state index in [2.05, 4.69) is 5.32 Å². The van der Waals surface area contributed by atoms with Crippen molar-refractivity contribution in [1.29, 1.82) is 0 Å². The van der Waals surface area contributed by atoms with Crippen LogP contribution in [-0.2, 0) is 9.84 Å². The van der Waals surface area contributed by atoms with E-state index in [0.717, 1.165) is 11.1 Å². The van der Waals surface area contributed by atoms with Crippen molar-refractivity contribution in [2.75, 3.05) is 11.5 Å². The molecule has 1 heterocycles. The Bertz CT molecular complexity index is 601.